The van der Waals surface area contributed by atoms with Crippen LogP contribution in [0.15, 0.2) is 23.0 Å². The first kappa shape index (κ1) is 10.7. The first-order valence-electron chi connectivity index (χ1n) is 5.53. The Hall–Kier alpha value is -0.800. The van der Waals surface area contributed by atoms with Crippen molar-refractivity contribution in [1.29, 1.82) is 0 Å². The van der Waals surface area contributed by atoms with E-state index >= 15 is 0 Å². The van der Waals surface area contributed by atoms with Crippen LogP contribution in [-0.4, -0.2) is 35.2 Å². The van der Waals surface area contributed by atoms with Crippen LogP contribution in [0.3, 0.4) is 0 Å². The molecule has 2 unspecified atom stereocenters. The highest BCUT2D eigenvalue weighted by Gasteiger charge is 2.35. The molecule has 2 heterocycles. The Morgan fingerprint density at radius 2 is 2.47 bits per heavy atom. The molecule has 0 radical (unpaired) electrons. The number of hydrogen-bond donors (Lipinski definition) is 1. The summed E-state index contributed by atoms with van der Waals surface area (Å²) in [5, 5.41) is 10.5. The third-order valence-corrected chi connectivity index (χ3v) is 3.47. The highest BCUT2D eigenvalue weighted by atomic mass is 16.3. The summed E-state index contributed by atoms with van der Waals surface area (Å²) in [5.74, 6) is 0. The molecule has 3 nitrogen and oxygen atoms in total. The lowest BCUT2D eigenvalue weighted by molar-refractivity contribution is -0.0354. The first-order chi connectivity index (χ1) is 7.09. The number of rotatable bonds is 2. The molecule has 1 aromatic rings. The molecule has 1 fully saturated rings. The van der Waals surface area contributed by atoms with Gasteiger partial charge in [0.1, 0.15) is 0 Å². The van der Waals surface area contributed by atoms with E-state index in [2.05, 4.69) is 18.9 Å². The lowest BCUT2D eigenvalue weighted by atomic mass is 9.83. The van der Waals surface area contributed by atoms with Crippen molar-refractivity contribution in [1.82, 2.24) is 4.90 Å². The van der Waals surface area contributed by atoms with Crippen molar-refractivity contribution in [3.8, 4) is 0 Å². The molecule has 0 saturated carbocycles. The first-order valence-corrected chi connectivity index (χ1v) is 5.53. The average molecular weight is 209 g/mol. The maximum atomic E-state index is 10.5. The Balaban J connectivity index is 2.01. The second-order valence-electron chi connectivity index (χ2n) is 4.82. The average Bonchev–Trinajstić information content (AvgIpc) is 2.64. The Bertz CT molecular complexity index is 309. The fourth-order valence-corrected chi connectivity index (χ4v) is 2.35. The smallest absolute Gasteiger partial charge is 0.0935 e. The van der Waals surface area contributed by atoms with Gasteiger partial charge in [-0.2, -0.15) is 0 Å². The van der Waals surface area contributed by atoms with Crippen molar-refractivity contribution >= 4 is 0 Å². The minimum absolute atomic E-state index is 0.454. The van der Waals surface area contributed by atoms with Gasteiger partial charge in [-0.1, -0.05) is 0 Å². The third kappa shape index (κ3) is 2.41. The predicted octanol–water partition coefficient (Wildman–Crippen LogP) is 1.67. The van der Waals surface area contributed by atoms with E-state index in [0.29, 0.717) is 12.5 Å². The van der Waals surface area contributed by atoms with Crippen molar-refractivity contribution in [2.75, 3.05) is 13.6 Å². The zero-order valence-electron chi connectivity index (χ0n) is 9.44. The lowest BCUT2D eigenvalue weighted by Gasteiger charge is -2.41. The van der Waals surface area contributed by atoms with Gasteiger partial charge in [0.25, 0.3) is 0 Å². The highest BCUT2D eigenvalue weighted by molar-refractivity contribution is 5.10. The maximum absolute atomic E-state index is 10.5. The highest BCUT2D eigenvalue weighted by Crippen LogP contribution is 2.29. The van der Waals surface area contributed by atoms with Crippen molar-refractivity contribution in [3.05, 3.63) is 24.2 Å². The topological polar surface area (TPSA) is 36.6 Å². The number of nitrogens with zero attached hydrogens (tertiary/aromatic N) is 1. The van der Waals surface area contributed by atoms with Crippen molar-refractivity contribution < 1.29 is 9.52 Å². The van der Waals surface area contributed by atoms with Gasteiger partial charge in [0, 0.05) is 19.0 Å². The molecule has 0 bridgehead atoms. The molecule has 0 aromatic carbocycles. The van der Waals surface area contributed by atoms with Gasteiger partial charge in [0.05, 0.1) is 18.1 Å². The summed E-state index contributed by atoms with van der Waals surface area (Å²) < 4.78 is 5.03. The minimum Gasteiger partial charge on any atom is -0.472 e. The summed E-state index contributed by atoms with van der Waals surface area (Å²) in [6, 6.07) is 2.39. The number of hydrogen-bond acceptors (Lipinski definition) is 3. The lowest BCUT2D eigenvalue weighted by Crippen LogP contribution is -2.48. The van der Waals surface area contributed by atoms with E-state index in [1.165, 1.54) is 0 Å². The second-order valence-corrected chi connectivity index (χ2v) is 4.82. The molecule has 0 aliphatic carbocycles. The fourth-order valence-electron chi connectivity index (χ4n) is 2.35. The standard InChI is InChI=1S/C12H19NO2/c1-10-7-12(14,4-5-13(10)2)8-11-3-6-15-9-11/h3,6,9-10,14H,4-5,7-8H2,1-2H3. The van der Waals surface area contributed by atoms with Crippen LogP contribution in [0.5, 0.6) is 0 Å². The van der Waals surface area contributed by atoms with Gasteiger partial charge >= 0.3 is 0 Å². The normalized spacial score (nSPS) is 33.1. The van der Waals surface area contributed by atoms with E-state index in [1.54, 1.807) is 12.5 Å². The van der Waals surface area contributed by atoms with Crippen molar-refractivity contribution in [2.45, 2.75) is 37.8 Å². The SMILES string of the molecule is CC1CC(O)(Cc2ccoc2)CCN1C. The molecule has 1 aromatic heterocycles. The molecule has 2 rings (SSSR count). The van der Waals surface area contributed by atoms with Crippen LogP contribution in [0, 0.1) is 0 Å². The molecule has 3 heteroatoms. The molecule has 1 N–H and O–H groups in total. The number of likely N-dealkylation sites (tertiary alicyclic amines) is 1. The summed E-state index contributed by atoms with van der Waals surface area (Å²) >= 11 is 0. The number of furan rings is 1. The summed E-state index contributed by atoms with van der Waals surface area (Å²) in [6.07, 6.45) is 5.79. The van der Waals surface area contributed by atoms with Crippen LogP contribution in [-0.2, 0) is 6.42 Å². The van der Waals surface area contributed by atoms with Crippen LogP contribution in [0.2, 0.25) is 0 Å². The van der Waals surface area contributed by atoms with E-state index in [-0.39, 0.29) is 0 Å². The van der Waals surface area contributed by atoms with Crippen molar-refractivity contribution in [3.63, 3.8) is 0 Å². The van der Waals surface area contributed by atoms with E-state index < -0.39 is 5.60 Å². The van der Waals surface area contributed by atoms with Gasteiger partial charge in [0.2, 0.25) is 0 Å². The van der Waals surface area contributed by atoms with Gasteiger partial charge < -0.3 is 14.4 Å². The predicted molar refractivity (Wildman–Crippen MR) is 58.7 cm³/mol. The third-order valence-electron chi connectivity index (χ3n) is 3.47. The van der Waals surface area contributed by atoms with Crippen LogP contribution in [0.1, 0.15) is 25.3 Å². The van der Waals surface area contributed by atoms with E-state index in [0.717, 1.165) is 24.9 Å². The minimum atomic E-state index is -0.546. The Kier molecular flexibility index (Phi) is 2.85. The monoisotopic (exact) mass is 209 g/mol. The summed E-state index contributed by atoms with van der Waals surface area (Å²) in [4.78, 5) is 2.30. The molecule has 84 valence electrons. The quantitative estimate of drug-likeness (QED) is 0.805. The molecule has 0 spiro atoms. The molecule has 15 heavy (non-hydrogen) atoms. The van der Waals surface area contributed by atoms with Gasteiger partial charge in [-0.15, -0.1) is 0 Å². The van der Waals surface area contributed by atoms with Crippen LogP contribution >= 0.6 is 0 Å². The second kappa shape index (κ2) is 3.99. The zero-order chi connectivity index (χ0) is 10.9. The van der Waals surface area contributed by atoms with Gasteiger partial charge in [0.15, 0.2) is 0 Å². The molecule has 0 amide bonds. The summed E-state index contributed by atoms with van der Waals surface area (Å²) in [5.41, 5.74) is 0.546. The molecular formula is C12H19NO2. The van der Waals surface area contributed by atoms with Crippen molar-refractivity contribution in [2.24, 2.45) is 0 Å². The van der Waals surface area contributed by atoms with Gasteiger partial charge in [-0.05, 0) is 38.4 Å². The molecule has 1 aliphatic rings. The van der Waals surface area contributed by atoms with E-state index in [9.17, 15) is 5.11 Å². The molecule has 1 saturated heterocycles. The largest absolute Gasteiger partial charge is 0.472 e. The Morgan fingerprint density at radius 3 is 3.07 bits per heavy atom. The Morgan fingerprint density at radius 1 is 1.67 bits per heavy atom. The fraction of sp³-hybridized carbons (Fsp3) is 0.667. The van der Waals surface area contributed by atoms with Crippen LogP contribution < -0.4 is 0 Å². The number of piperidine rings is 1. The molecular weight excluding hydrogens is 190 g/mol. The maximum Gasteiger partial charge on any atom is 0.0935 e. The van der Waals surface area contributed by atoms with E-state index in [4.69, 9.17) is 4.42 Å². The summed E-state index contributed by atoms with van der Waals surface area (Å²) in [7, 11) is 2.11. The molecule has 1 aliphatic heterocycles. The van der Waals surface area contributed by atoms with Gasteiger partial charge in [-0.25, -0.2) is 0 Å². The van der Waals surface area contributed by atoms with Crippen LogP contribution in [0.25, 0.3) is 0 Å². The zero-order valence-corrected chi connectivity index (χ0v) is 9.44. The van der Waals surface area contributed by atoms with E-state index in [1.807, 2.05) is 6.07 Å². The molecule has 2 atom stereocenters. The Labute approximate surface area is 90.7 Å². The van der Waals surface area contributed by atoms with Gasteiger partial charge in [-0.3, -0.25) is 0 Å². The van der Waals surface area contributed by atoms with Crippen LogP contribution in [0.4, 0.5) is 0 Å². The summed E-state index contributed by atoms with van der Waals surface area (Å²) in [6.45, 7) is 3.13. The number of aliphatic hydroxyl groups is 1.